The smallest absolute Gasteiger partial charge is 0.435 e. The van der Waals surface area contributed by atoms with E-state index in [-0.39, 0.29) is 35.2 Å². The maximum atomic E-state index is 13.5. The molecule has 3 heterocycles. The quantitative estimate of drug-likeness (QED) is 0.380. The number of aryl methyl sites for hydroxylation is 1. The summed E-state index contributed by atoms with van der Waals surface area (Å²) in [5.41, 5.74) is -0.136. The van der Waals surface area contributed by atoms with E-state index in [0.29, 0.717) is 17.6 Å². The summed E-state index contributed by atoms with van der Waals surface area (Å²) in [5, 5.41) is 6.65. The van der Waals surface area contributed by atoms with E-state index in [0.717, 1.165) is 28.5 Å². The lowest BCUT2D eigenvalue weighted by Crippen LogP contribution is -2.17. The van der Waals surface area contributed by atoms with E-state index in [1.807, 2.05) is 6.92 Å². The van der Waals surface area contributed by atoms with Crippen LogP contribution >= 0.6 is 0 Å². The fraction of sp³-hybridized carbons (Fsp3) is 0.280. The van der Waals surface area contributed by atoms with Gasteiger partial charge in [-0.3, -0.25) is 0 Å². The minimum absolute atomic E-state index is 0.0216. The minimum Gasteiger partial charge on any atom is -0.497 e. The van der Waals surface area contributed by atoms with Crippen LogP contribution in [0.2, 0.25) is 0 Å². The molecule has 13 heteroatoms. The number of halogens is 6. The summed E-state index contributed by atoms with van der Waals surface area (Å²) in [7, 11) is 1.24. The van der Waals surface area contributed by atoms with Crippen LogP contribution in [0, 0.1) is 6.92 Å². The molecule has 0 bridgehead atoms. The molecule has 1 aliphatic rings. The minimum atomic E-state index is -4.70. The standard InChI is InChI=1S/C25H22F6N6O/c1-14-4-5-22(34-18-8-17(24(26,27)28)9-19(10-18)38-3)35-23(20(6-14)16-11-32-13-33-12-16)37-15(2)7-21(36-37)25(29,30)31/h6-13H,4-5H2,1-3H3,(H,34,35). The first kappa shape index (κ1) is 26.9. The Morgan fingerprint density at radius 3 is 2.24 bits per heavy atom. The fourth-order valence-electron chi connectivity index (χ4n) is 3.79. The molecular formula is C25H22F6N6O. The maximum absolute atomic E-state index is 13.5. The first-order valence-corrected chi connectivity index (χ1v) is 11.3. The van der Waals surface area contributed by atoms with Crippen molar-refractivity contribution in [3.63, 3.8) is 0 Å². The second-order valence-corrected chi connectivity index (χ2v) is 8.57. The molecule has 0 saturated heterocycles. The van der Waals surface area contributed by atoms with E-state index in [1.165, 1.54) is 38.8 Å². The number of benzene rings is 1. The van der Waals surface area contributed by atoms with Crippen molar-refractivity contribution < 1.29 is 31.1 Å². The summed E-state index contributed by atoms with van der Waals surface area (Å²) in [5.74, 6) is 0.209. The molecule has 200 valence electrons. The van der Waals surface area contributed by atoms with Gasteiger partial charge in [0.15, 0.2) is 11.5 Å². The number of amidine groups is 1. The summed E-state index contributed by atoms with van der Waals surface area (Å²) in [6.45, 7) is 3.28. The number of nitrogens with zero attached hydrogens (tertiary/aromatic N) is 5. The van der Waals surface area contributed by atoms with Crippen LogP contribution in [0.15, 0.2) is 59.6 Å². The number of ether oxygens (including phenoxy) is 1. The zero-order chi connectivity index (χ0) is 27.7. The van der Waals surface area contributed by atoms with E-state index in [1.54, 1.807) is 6.08 Å². The lowest BCUT2D eigenvalue weighted by Gasteiger charge is -2.19. The molecule has 0 fully saturated rings. The Balaban J connectivity index is 1.91. The number of rotatable bonds is 4. The molecule has 4 rings (SSSR count). The molecule has 1 N–H and O–H groups in total. The molecule has 0 spiro atoms. The van der Waals surface area contributed by atoms with E-state index in [9.17, 15) is 26.3 Å². The number of methoxy groups -OCH3 is 1. The number of anilines is 1. The van der Waals surface area contributed by atoms with Crippen LogP contribution in [0.5, 0.6) is 5.75 Å². The summed E-state index contributed by atoms with van der Waals surface area (Å²) in [6.07, 6.45) is -2.56. The van der Waals surface area contributed by atoms with Gasteiger partial charge in [0.25, 0.3) is 0 Å². The number of hydrogen-bond acceptors (Lipinski definition) is 6. The molecule has 0 saturated carbocycles. The number of hydrogen-bond donors (Lipinski definition) is 1. The summed E-state index contributed by atoms with van der Waals surface area (Å²) in [6, 6.07) is 4.03. The second-order valence-electron chi connectivity index (χ2n) is 8.57. The highest BCUT2D eigenvalue weighted by atomic mass is 19.4. The van der Waals surface area contributed by atoms with E-state index >= 15 is 0 Å². The lowest BCUT2D eigenvalue weighted by molar-refractivity contribution is -0.141. The SMILES string of the molecule is COc1cc(NC2=NC(n3nc(C(F)(F)F)cc3C)=C(c3cncnc3)C=C(C)CC2)cc(C(F)(F)F)c1. The fourth-order valence-corrected chi connectivity index (χ4v) is 3.79. The molecule has 1 aromatic carbocycles. The Bertz CT molecular complexity index is 1420. The average molecular weight is 536 g/mol. The van der Waals surface area contributed by atoms with Crippen molar-refractivity contribution in [1.82, 2.24) is 19.7 Å². The Morgan fingerprint density at radius 1 is 0.921 bits per heavy atom. The molecule has 1 aliphatic heterocycles. The Labute approximate surface area is 213 Å². The summed E-state index contributed by atoms with van der Waals surface area (Å²) in [4.78, 5) is 12.6. The lowest BCUT2D eigenvalue weighted by atomic mass is 10.0. The van der Waals surface area contributed by atoms with Gasteiger partial charge in [-0.25, -0.2) is 19.6 Å². The van der Waals surface area contributed by atoms with Crippen molar-refractivity contribution >= 4 is 22.9 Å². The average Bonchev–Trinajstić information content (AvgIpc) is 3.25. The number of allylic oxidation sites excluding steroid dienone is 3. The monoisotopic (exact) mass is 536 g/mol. The number of aromatic nitrogens is 4. The van der Waals surface area contributed by atoms with Crippen LogP contribution in [-0.4, -0.2) is 32.7 Å². The van der Waals surface area contributed by atoms with Crippen LogP contribution in [-0.2, 0) is 12.4 Å². The third-order valence-corrected chi connectivity index (χ3v) is 5.64. The Hall–Kier alpha value is -4.16. The van der Waals surface area contributed by atoms with Crippen LogP contribution in [0.3, 0.4) is 0 Å². The molecule has 2 aromatic heterocycles. The molecule has 3 aromatic rings. The zero-order valence-electron chi connectivity index (χ0n) is 20.4. The highest BCUT2D eigenvalue weighted by Gasteiger charge is 2.35. The second kappa shape index (κ2) is 10.3. The molecular weight excluding hydrogens is 514 g/mol. The van der Waals surface area contributed by atoms with Gasteiger partial charge in [0, 0.05) is 47.4 Å². The van der Waals surface area contributed by atoms with Crippen LogP contribution < -0.4 is 10.1 Å². The summed E-state index contributed by atoms with van der Waals surface area (Å²) < 4.78 is 86.8. The topological polar surface area (TPSA) is 77.2 Å². The zero-order valence-corrected chi connectivity index (χ0v) is 20.4. The molecule has 0 radical (unpaired) electrons. The van der Waals surface area contributed by atoms with Crippen LogP contribution in [0.1, 0.15) is 42.3 Å². The predicted octanol–water partition coefficient (Wildman–Crippen LogP) is 6.60. The van der Waals surface area contributed by atoms with Gasteiger partial charge in [-0.15, -0.1) is 0 Å². The van der Waals surface area contributed by atoms with E-state index < -0.39 is 23.6 Å². The van der Waals surface area contributed by atoms with Gasteiger partial charge in [0.2, 0.25) is 0 Å². The number of alkyl halides is 6. The van der Waals surface area contributed by atoms with Gasteiger partial charge < -0.3 is 10.1 Å². The number of aliphatic imine (C=N–C) groups is 1. The molecule has 0 atom stereocenters. The van der Waals surface area contributed by atoms with Gasteiger partial charge in [-0.05, 0) is 38.5 Å². The largest absolute Gasteiger partial charge is 0.497 e. The highest BCUT2D eigenvalue weighted by molar-refractivity contribution is 6.02. The van der Waals surface area contributed by atoms with E-state index in [4.69, 9.17) is 4.74 Å². The normalized spacial score (nSPS) is 15.0. The van der Waals surface area contributed by atoms with Crippen molar-refractivity contribution in [3.8, 4) is 5.75 Å². The third kappa shape index (κ3) is 6.03. The molecule has 0 amide bonds. The molecule has 38 heavy (non-hydrogen) atoms. The molecule has 0 unspecified atom stereocenters. The van der Waals surface area contributed by atoms with Gasteiger partial charge in [-0.1, -0.05) is 11.6 Å². The summed E-state index contributed by atoms with van der Waals surface area (Å²) >= 11 is 0. The van der Waals surface area contributed by atoms with Gasteiger partial charge in [-0.2, -0.15) is 31.4 Å². The van der Waals surface area contributed by atoms with Crippen molar-refractivity contribution in [2.45, 2.75) is 39.0 Å². The Kier molecular flexibility index (Phi) is 7.29. The van der Waals surface area contributed by atoms with Crippen molar-refractivity contribution in [1.29, 1.82) is 0 Å². The van der Waals surface area contributed by atoms with Gasteiger partial charge >= 0.3 is 12.4 Å². The maximum Gasteiger partial charge on any atom is 0.435 e. The molecule has 7 nitrogen and oxygen atoms in total. The van der Waals surface area contributed by atoms with Gasteiger partial charge in [0.05, 0.1) is 12.7 Å². The van der Waals surface area contributed by atoms with Crippen LogP contribution in [0.25, 0.3) is 11.4 Å². The van der Waals surface area contributed by atoms with Crippen molar-refractivity contribution in [2.24, 2.45) is 4.99 Å². The Morgan fingerprint density at radius 2 is 1.63 bits per heavy atom. The predicted molar refractivity (Wildman–Crippen MR) is 129 cm³/mol. The first-order chi connectivity index (χ1) is 17.8. The van der Waals surface area contributed by atoms with Crippen molar-refractivity contribution in [2.75, 3.05) is 12.4 Å². The van der Waals surface area contributed by atoms with Crippen molar-refractivity contribution in [3.05, 3.63) is 77.2 Å². The van der Waals surface area contributed by atoms with Crippen LogP contribution in [0.4, 0.5) is 32.0 Å². The van der Waals surface area contributed by atoms with E-state index in [2.05, 4.69) is 25.4 Å². The van der Waals surface area contributed by atoms with Gasteiger partial charge in [0.1, 0.15) is 17.9 Å². The molecule has 0 aliphatic carbocycles. The number of nitrogens with one attached hydrogen (secondary N) is 1. The first-order valence-electron chi connectivity index (χ1n) is 11.3. The third-order valence-electron chi connectivity index (χ3n) is 5.64. The highest BCUT2D eigenvalue weighted by Crippen LogP contribution is 2.36.